The Hall–Kier alpha value is -3.76. The van der Waals surface area contributed by atoms with Gasteiger partial charge in [0, 0.05) is 41.7 Å². The summed E-state index contributed by atoms with van der Waals surface area (Å²) in [5.41, 5.74) is 1.65. The maximum atomic E-state index is 13.8. The zero-order valence-corrected chi connectivity index (χ0v) is 26.1. The van der Waals surface area contributed by atoms with E-state index in [0.29, 0.717) is 69.5 Å². The Morgan fingerprint density at radius 2 is 1.64 bits per heavy atom. The van der Waals surface area contributed by atoms with Crippen molar-refractivity contribution in [1.82, 2.24) is 9.80 Å². The predicted octanol–water partition coefficient (Wildman–Crippen LogP) is 6.00. The molecule has 228 valence electrons. The molecule has 0 fully saturated rings. The third kappa shape index (κ3) is 10.3. The Balaban J connectivity index is 1.75. The van der Waals surface area contributed by atoms with Crippen LogP contribution in [0.25, 0.3) is 0 Å². The van der Waals surface area contributed by atoms with Crippen molar-refractivity contribution >= 4 is 29.0 Å². The Kier molecular flexibility index (Phi) is 13.5. The van der Waals surface area contributed by atoms with E-state index < -0.39 is 0 Å². The average Bonchev–Trinajstić information content (AvgIpc) is 3.41. The molecule has 0 aliphatic rings. The van der Waals surface area contributed by atoms with Crippen molar-refractivity contribution in [2.24, 2.45) is 0 Å². The van der Waals surface area contributed by atoms with Crippen LogP contribution in [0.3, 0.4) is 0 Å². The fourth-order valence-electron chi connectivity index (χ4n) is 4.37. The van der Waals surface area contributed by atoms with Crippen LogP contribution in [0.15, 0.2) is 54.6 Å². The normalized spacial score (nSPS) is 10.7. The molecule has 0 radical (unpaired) electrons. The minimum atomic E-state index is -0.337. The van der Waals surface area contributed by atoms with Gasteiger partial charge in [0.2, 0.25) is 5.91 Å². The summed E-state index contributed by atoms with van der Waals surface area (Å²) in [6, 6.07) is 16.7. The van der Waals surface area contributed by atoms with Crippen molar-refractivity contribution in [1.29, 1.82) is 0 Å². The second-order valence-corrected chi connectivity index (χ2v) is 11.0. The van der Waals surface area contributed by atoms with Gasteiger partial charge in [-0.1, -0.05) is 6.07 Å². The predicted molar refractivity (Wildman–Crippen MR) is 167 cm³/mol. The first-order chi connectivity index (χ1) is 20.4. The van der Waals surface area contributed by atoms with Gasteiger partial charge in [0.25, 0.3) is 0 Å². The minimum absolute atomic E-state index is 0.0503. The molecule has 9 nitrogen and oxygen atoms in total. The number of urea groups is 1. The van der Waals surface area contributed by atoms with Crippen LogP contribution in [-0.2, 0) is 22.5 Å². The fourth-order valence-corrected chi connectivity index (χ4v) is 5.28. The third-order valence-electron chi connectivity index (χ3n) is 6.56. The van der Waals surface area contributed by atoms with Crippen LogP contribution in [0.5, 0.6) is 17.2 Å². The summed E-state index contributed by atoms with van der Waals surface area (Å²) in [6.45, 7) is 8.87. The van der Waals surface area contributed by atoms with Gasteiger partial charge in [0.15, 0.2) is 11.5 Å². The topological polar surface area (TPSA) is 89.6 Å². The lowest BCUT2D eigenvalue weighted by Crippen LogP contribution is -2.45. The molecule has 1 heterocycles. The summed E-state index contributed by atoms with van der Waals surface area (Å²) >= 11 is 1.67. The number of carbonyl (C=O) groups excluding carboxylic acids is 2. The number of thiophene rings is 1. The molecule has 0 aliphatic carbocycles. The number of anilines is 1. The van der Waals surface area contributed by atoms with Crippen LogP contribution in [0.2, 0.25) is 0 Å². The first kappa shape index (κ1) is 32.8. The summed E-state index contributed by atoms with van der Waals surface area (Å²) < 4.78 is 21.8. The molecule has 0 bridgehead atoms. The first-order valence-electron chi connectivity index (χ1n) is 14.3. The smallest absolute Gasteiger partial charge is 0.322 e. The molecule has 3 aromatic rings. The molecule has 3 amide bonds. The van der Waals surface area contributed by atoms with E-state index >= 15 is 0 Å². The highest BCUT2D eigenvalue weighted by Gasteiger charge is 2.22. The zero-order chi connectivity index (χ0) is 30.3. The number of benzene rings is 2. The summed E-state index contributed by atoms with van der Waals surface area (Å²) in [5, 5.41) is 2.93. The Labute approximate surface area is 253 Å². The van der Waals surface area contributed by atoms with E-state index in [-0.39, 0.29) is 18.5 Å². The lowest BCUT2D eigenvalue weighted by atomic mass is 10.1. The fraction of sp³-hybridized carbons (Fsp3) is 0.438. The Bertz CT molecular complexity index is 1260. The summed E-state index contributed by atoms with van der Waals surface area (Å²) in [6.07, 6.45) is 1.24. The molecular weight excluding hydrogens is 554 g/mol. The van der Waals surface area contributed by atoms with Crippen LogP contribution in [-0.4, -0.2) is 75.4 Å². The summed E-state index contributed by atoms with van der Waals surface area (Å²) in [5.74, 6) is 1.91. The van der Waals surface area contributed by atoms with E-state index in [2.05, 4.69) is 24.4 Å². The number of nitrogens with one attached hydrogen (secondary N) is 1. The largest absolute Gasteiger partial charge is 0.494 e. The van der Waals surface area contributed by atoms with E-state index in [9.17, 15) is 9.59 Å². The van der Waals surface area contributed by atoms with Gasteiger partial charge in [-0.05, 0) is 87.7 Å². The maximum absolute atomic E-state index is 13.8. The van der Waals surface area contributed by atoms with Gasteiger partial charge >= 0.3 is 6.03 Å². The quantitative estimate of drug-likeness (QED) is 0.192. The molecule has 0 unspecified atom stereocenters. The van der Waals surface area contributed by atoms with Gasteiger partial charge in [-0.15, -0.1) is 11.3 Å². The molecule has 3 rings (SSSR count). The Morgan fingerprint density at radius 1 is 0.881 bits per heavy atom. The van der Waals surface area contributed by atoms with Gasteiger partial charge in [-0.2, -0.15) is 0 Å². The number of methoxy groups -OCH3 is 2. The second kappa shape index (κ2) is 17.3. The maximum Gasteiger partial charge on any atom is 0.322 e. The molecule has 2 aromatic carbocycles. The van der Waals surface area contributed by atoms with Crippen LogP contribution in [0.1, 0.15) is 35.6 Å². The van der Waals surface area contributed by atoms with Crippen LogP contribution >= 0.6 is 11.3 Å². The highest BCUT2D eigenvalue weighted by atomic mass is 32.1. The van der Waals surface area contributed by atoms with E-state index in [1.54, 1.807) is 42.6 Å². The van der Waals surface area contributed by atoms with Gasteiger partial charge in [0.05, 0.1) is 27.4 Å². The molecule has 0 atom stereocenters. The van der Waals surface area contributed by atoms with Gasteiger partial charge in [-0.3, -0.25) is 4.79 Å². The van der Waals surface area contributed by atoms with Crippen molar-refractivity contribution in [3.8, 4) is 17.2 Å². The number of ether oxygens (including phenoxy) is 4. The van der Waals surface area contributed by atoms with Crippen LogP contribution in [0.4, 0.5) is 10.5 Å². The van der Waals surface area contributed by atoms with Crippen molar-refractivity contribution < 1.29 is 28.5 Å². The standard InChI is InChI=1S/C32H43N3O6S/c1-6-40-20-8-18-35(32(37)33-26-11-13-27(14-12-26)41-7-2)23-31(36)34(22-28-15-9-24(3)42-28)19-17-25-10-16-29(38-4)30(21-25)39-5/h9-16,21H,6-8,17-20,22-23H2,1-5H3,(H,33,37). The van der Waals surface area contributed by atoms with Crippen molar-refractivity contribution in [3.05, 3.63) is 69.9 Å². The van der Waals surface area contributed by atoms with Gasteiger partial charge in [0.1, 0.15) is 12.3 Å². The minimum Gasteiger partial charge on any atom is -0.494 e. The molecule has 10 heteroatoms. The van der Waals surface area contributed by atoms with Crippen LogP contribution < -0.4 is 19.5 Å². The number of rotatable bonds is 17. The van der Waals surface area contributed by atoms with Crippen LogP contribution in [0, 0.1) is 6.92 Å². The van der Waals surface area contributed by atoms with E-state index in [1.807, 2.05) is 49.1 Å². The SMILES string of the molecule is CCOCCCN(CC(=O)N(CCc1ccc(OC)c(OC)c1)Cc1ccc(C)s1)C(=O)Nc1ccc(OCC)cc1. The van der Waals surface area contributed by atoms with E-state index in [1.165, 1.54) is 4.88 Å². The number of amides is 3. The van der Waals surface area contributed by atoms with Crippen molar-refractivity contribution in [2.75, 3.05) is 59.0 Å². The van der Waals surface area contributed by atoms with E-state index in [0.717, 1.165) is 16.2 Å². The van der Waals surface area contributed by atoms with Gasteiger partial charge in [-0.25, -0.2) is 4.79 Å². The number of nitrogens with zero attached hydrogens (tertiary/aromatic N) is 2. The Morgan fingerprint density at radius 3 is 2.29 bits per heavy atom. The third-order valence-corrected chi connectivity index (χ3v) is 7.55. The molecule has 1 aromatic heterocycles. The molecule has 0 aliphatic heterocycles. The number of hydrogen-bond acceptors (Lipinski definition) is 7. The second-order valence-electron chi connectivity index (χ2n) is 9.63. The highest BCUT2D eigenvalue weighted by molar-refractivity contribution is 7.11. The lowest BCUT2D eigenvalue weighted by Gasteiger charge is -2.28. The zero-order valence-electron chi connectivity index (χ0n) is 25.3. The lowest BCUT2D eigenvalue weighted by molar-refractivity contribution is -0.132. The molecule has 0 saturated heterocycles. The molecule has 0 spiro atoms. The molecule has 0 saturated carbocycles. The number of carbonyl (C=O) groups is 2. The van der Waals surface area contributed by atoms with Gasteiger partial charge < -0.3 is 34.1 Å². The molecule has 1 N–H and O–H groups in total. The highest BCUT2D eigenvalue weighted by Crippen LogP contribution is 2.28. The van der Waals surface area contributed by atoms with Crippen molar-refractivity contribution in [3.63, 3.8) is 0 Å². The van der Waals surface area contributed by atoms with Crippen molar-refractivity contribution in [2.45, 2.75) is 40.2 Å². The number of aryl methyl sites for hydroxylation is 1. The van der Waals surface area contributed by atoms with E-state index in [4.69, 9.17) is 18.9 Å². The summed E-state index contributed by atoms with van der Waals surface area (Å²) in [4.78, 5) is 32.8. The molecular formula is C32H43N3O6S. The molecule has 42 heavy (non-hydrogen) atoms. The monoisotopic (exact) mass is 597 g/mol. The number of hydrogen-bond donors (Lipinski definition) is 1. The summed E-state index contributed by atoms with van der Waals surface area (Å²) in [7, 11) is 3.21. The first-order valence-corrected chi connectivity index (χ1v) is 15.1. The average molecular weight is 598 g/mol.